The van der Waals surface area contributed by atoms with Crippen molar-refractivity contribution in [2.24, 2.45) is 5.92 Å². The molecule has 1 unspecified atom stereocenters. The van der Waals surface area contributed by atoms with Crippen LogP contribution >= 0.6 is 0 Å². The van der Waals surface area contributed by atoms with Crippen molar-refractivity contribution in [3.8, 4) is 22.8 Å². The van der Waals surface area contributed by atoms with Gasteiger partial charge in [0.05, 0.1) is 19.2 Å². The van der Waals surface area contributed by atoms with Gasteiger partial charge in [0.1, 0.15) is 17.7 Å². The smallest absolute Gasteiger partial charge is 0.306 e. The number of benzene rings is 2. The van der Waals surface area contributed by atoms with Crippen molar-refractivity contribution in [1.82, 2.24) is 9.88 Å². The largest absolute Gasteiger partial charge is 0.485 e. The topological polar surface area (TPSA) is 71.9 Å². The van der Waals surface area contributed by atoms with Crippen molar-refractivity contribution in [3.05, 3.63) is 76.7 Å². The lowest BCUT2D eigenvalue weighted by Crippen LogP contribution is -2.40. The van der Waals surface area contributed by atoms with Crippen LogP contribution in [0.25, 0.3) is 11.1 Å². The Morgan fingerprint density at radius 2 is 1.97 bits per heavy atom. The normalized spacial score (nSPS) is 15.9. The molecule has 2 atom stereocenters. The van der Waals surface area contributed by atoms with Gasteiger partial charge in [-0.3, -0.25) is 9.69 Å². The number of methoxy groups -OCH3 is 1. The highest BCUT2D eigenvalue weighted by Gasteiger charge is 2.26. The maximum atomic E-state index is 15.0. The van der Waals surface area contributed by atoms with E-state index in [4.69, 9.17) is 9.47 Å². The van der Waals surface area contributed by atoms with E-state index in [1.54, 1.807) is 13.0 Å². The van der Waals surface area contributed by atoms with Crippen LogP contribution in [0.4, 0.5) is 4.39 Å². The van der Waals surface area contributed by atoms with Gasteiger partial charge in [0.15, 0.2) is 0 Å². The number of hydrogen-bond acceptors (Lipinski definition) is 5. The molecule has 0 fully saturated rings. The number of ether oxygens (including phenoxy) is 2. The third-order valence-corrected chi connectivity index (χ3v) is 7.56. The van der Waals surface area contributed by atoms with Crippen LogP contribution in [-0.4, -0.2) is 40.2 Å². The molecule has 1 aliphatic heterocycles. The molecule has 0 saturated heterocycles. The summed E-state index contributed by atoms with van der Waals surface area (Å²) in [5.41, 5.74) is 5.32. The maximum absolute atomic E-state index is 15.0. The monoisotopic (exact) mass is 534 g/mol. The van der Waals surface area contributed by atoms with Crippen molar-refractivity contribution < 1.29 is 23.8 Å². The molecule has 2 aromatic carbocycles. The Labute approximate surface area is 230 Å². The molecule has 4 rings (SSSR count). The Morgan fingerprint density at radius 3 is 2.64 bits per heavy atom. The number of aromatic nitrogens is 1. The molecule has 7 heteroatoms. The number of hydrogen-bond donors (Lipinski definition) is 1. The number of aryl methyl sites for hydroxylation is 1. The summed E-state index contributed by atoms with van der Waals surface area (Å²) in [4.78, 5) is 17.7. The van der Waals surface area contributed by atoms with E-state index < -0.39 is 17.7 Å². The van der Waals surface area contributed by atoms with Crippen molar-refractivity contribution >= 4 is 5.97 Å². The second-order valence-corrected chi connectivity index (χ2v) is 11.3. The maximum Gasteiger partial charge on any atom is 0.306 e. The number of halogens is 1. The van der Waals surface area contributed by atoms with E-state index in [1.807, 2.05) is 30.3 Å². The SMILES string of the molecule is CCN(Cc1cc(C2CCc3ccc(C[C@H](C)C(=O)O)cc3O2)ccc1-c1cc(OC)ncc1F)C(C)(C)C. The van der Waals surface area contributed by atoms with E-state index in [9.17, 15) is 9.90 Å². The molecule has 0 aliphatic carbocycles. The fourth-order valence-corrected chi connectivity index (χ4v) is 5.19. The summed E-state index contributed by atoms with van der Waals surface area (Å²) in [6.45, 7) is 11.9. The van der Waals surface area contributed by atoms with E-state index in [0.717, 1.165) is 53.0 Å². The Bertz CT molecular complexity index is 1330. The first-order valence-corrected chi connectivity index (χ1v) is 13.6. The van der Waals surface area contributed by atoms with Gasteiger partial charge in [-0.2, -0.15) is 0 Å². The minimum Gasteiger partial charge on any atom is -0.485 e. The Hall–Kier alpha value is -3.45. The average Bonchev–Trinajstić information content (AvgIpc) is 2.90. The third-order valence-electron chi connectivity index (χ3n) is 7.56. The highest BCUT2D eigenvalue weighted by atomic mass is 19.1. The number of rotatable bonds is 9. The van der Waals surface area contributed by atoms with Crippen molar-refractivity contribution in [2.75, 3.05) is 13.7 Å². The molecule has 0 spiro atoms. The van der Waals surface area contributed by atoms with E-state index in [0.29, 0.717) is 24.4 Å². The zero-order chi connectivity index (χ0) is 28.3. The number of aliphatic carboxylic acids is 1. The molecule has 6 nitrogen and oxygen atoms in total. The summed E-state index contributed by atoms with van der Waals surface area (Å²) in [7, 11) is 1.53. The zero-order valence-electron chi connectivity index (χ0n) is 23.8. The second kappa shape index (κ2) is 11.7. The van der Waals surface area contributed by atoms with Crippen LogP contribution in [0.5, 0.6) is 11.6 Å². The Balaban J connectivity index is 1.70. The number of carboxylic acid groups (broad SMARTS) is 1. The summed E-state index contributed by atoms with van der Waals surface area (Å²) in [5, 5.41) is 9.31. The van der Waals surface area contributed by atoms with Gasteiger partial charge in [-0.15, -0.1) is 0 Å². The average molecular weight is 535 g/mol. The predicted molar refractivity (Wildman–Crippen MR) is 151 cm³/mol. The van der Waals surface area contributed by atoms with Crippen LogP contribution in [0.15, 0.2) is 48.7 Å². The van der Waals surface area contributed by atoms with E-state index in [1.165, 1.54) is 13.3 Å². The molecule has 39 heavy (non-hydrogen) atoms. The van der Waals surface area contributed by atoms with Crippen LogP contribution in [0, 0.1) is 11.7 Å². The molecule has 1 aliphatic rings. The molecule has 1 aromatic heterocycles. The lowest BCUT2D eigenvalue weighted by Gasteiger charge is -2.35. The van der Waals surface area contributed by atoms with Crippen molar-refractivity contribution in [1.29, 1.82) is 0 Å². The zero-order valence-corrected chi connectivity index (χ0v) is 23.8. The molecular weight excluding hydrogens is 495 g/mol. The van der Waals surface area contributed by atoms with E-state index in [-0.39, 0.29) is 11.6 Å². The van der Waals surface area contributed by atoms with Gasteiger partial charge in [-0.05, 0) is 80.5 Å². The van der Waals surface area contributed by atoms with Crippen LogP contribution in [-0.2, 0) is 24.2 Å². The molecule has 0 bridgehead atoms. The van der Waals surface area contributed by atoms with Crippen LogP contribution in [0.1, 0.15) is 69.4 Å². The fourth-order valence-electron chi connectivity index (χ4n) is 5.19. The summed E-state index contributed by atoms with van der Waals surface area (Å²) in [5.74, 6) is -0.492. The summed E-state index contributed by atoms with van der Waals surface area (Å²) in [6.07, 6.45) is 3.20. The van der Waals surface area contributed by atoms with E-state index >= 15 is 4.39 Å². The van der Waals surface area contributed by atoms with Gasteiger partial charge in [0.25, 0.3) is 0 Å². The fraction of sp³-hybridized carbons (Fsp3) is 0.438. The first kappa shape index (κ1) is 28.6. The number of nitrogens with zero attached hydrogens (tertiary/aromatic N) is 2. The van der Waals surface area contributed by atoms with Gasteiger partial charge < -0.3 is 14.6 Å². The van der Waals surface area contributed by atoms with Gasteiger partial charge in [0, 0.05) is 23.7 Å². The van der Waals surface area contributed by atoms with Crippen LogP contribution < -0.4 is 9.47 Å². The van der Waals surface area contributed by atoms with Crippen molar-refractivity contribution in [2.45, 2.75) is 72.1 Å². The molecular formula is C32H39FN2O4. The molecule has 208 valence electrons. The molecule has 2 heterocycles. The van der Waals surface area contributed by atoms with Gasteiger partial charge in [-0.25, -0.2) is 9.37 Å². The summed E-state index contributed by atoms with van der Waals surface area (Å²) < 4.78 is 26.8. The van der Waals surface area contributed by atoms with Gasteiger partial charge in [-0.1, -0.05) is 44.2 Å². The lowest BCUT2D eigenvalue weighted by molar-refractivity contribution is -0.141. The summed E-state index contributed by atoms with van der Waals surface area (Å²) in [6, 6.07) is 13.8. The molecule has 3 aromatic rings. The lowest BCUT2D eigenvalue weighted by atomic mass is 9.91. The van der Waals surface area contributed by atoms with Gasteiger partial charge >= 0.3 is 5.97 Å². The highest BCUT2D eigenvalue weighted by molar-refractivity contribution is 5.70. The molecule has 0 saturated carbocycles. The standard InChI is InChI=1S/C32H39FN2O4/c1-7-35(32(3,4)5)19-24-16-23(10-12-25(24)26-17-30(38-6)34-18-27(26)33)28-13-11-22-9-8-21(15-29(22)39-28)14-20(2)31(36)37/h8-10,12,15-18,20,28H,7,11,13-14,19H2,1-6H3,(H,36,37)/t20-,28?/m0/s1. The van der Waals surface area contributed by atoms with Crippen molar-refractivity contribution in [3.63, 3.8) is 0 Å². The number of fused-ring (bicyclic) bond motifs is 1. The van der Waals surface area contributed by atoms with E-state index in [2.05, 4.69) is 43.6 Å². The molecule has 1 N–H and O–H groups in total. The minimum atomic E-state index is -0.807. The third kappa shape index (κ3) is 6.59. The second-order valence-electron chi connectivity index (χ2n) is 11.3. The predicted octanol–water partition coefficient (Wildman–Crippen LogP) is 6.85. The minimum absolute atomic E-state index is 0.0692. The molecule has 0 amide bonds. The Morgan fingerprint density at radius 1 is 1.21 bits per heavy atom. The first-order chi connectivity index (χ1) is 18.5. The van der Waals surface area contributed by atoms with Gasteiger partial charge in [0.2, 0.25) is 5.88 Å². The highest BCUT2D eigenvalue weighted by Crippen LogP contribution is 2.38. The summed E-state index contributed by atoms with van der Waals surface area (Å²) >= 11 is 0. The van der Waals surface area contributed by atoms with Crippen LogP contribution in [0.3, 0.4) is 0 Å². The number of carbonyl (C=O) groups is 1. The quantitative estimate of drug-likeness (QED) is 0.324. The number of carboxylic acids is 1. The first-order valence-electron chi connectivity index (χ1n) is 13.6. The Kier molecular flexibility index (Phi) is 8.60. The van der Waals surface area contributed by atoms with Crippen LogP contribution in [0.2, 0.25) is 0 Å². The number of pyridine rings is 1. The molecule has 0 radical (unpaired) electrons.